The topological polar surface area (TPSA) is 145 Å². The molecule has 11 nitrogen and oxygen atoms in total. The van der Waals surface area contributed by atoms with Crippen LogP contribution in [0.1, 0.15) is 41.4 Å². The van der Waals surface area contributed by atoms with E-state index in [-0.39, 0.29) is 29.0 Å². The molecule has 0 atom stereocenters. The standard InChI is InChI=1S/C24H22F3N7O4S/c1-13-9-18(24(25,26)27)33-34(13)17-7-5-16(6-8-17)31-21-15(11-39(35,36)37)10-28-22(32-21)19-20(14-3-4-14)29-12-30-23(19)38-2/h5-10,12,14H,3-4,11H2,1-2H3,(H,28,31,32)(H,35,36,37). The lowest BCUT2D eigenvalue weighted by atomic mass is 10.1. The Bertz CT molecular complexity index is 1640. The van der Waals surface area contributed by atoms with Crippen LogP contribution >= 0.6 is 0 Å². The van der Waals surface area contributed by atoms with Crippen LogP contribution in [0.4, 0.5) is 24.7 Å². The van der Waals surface area contributed by atoms with Gasteiger partial charge >= 0.3 is 6.18 Å². The second kappa shape index (κ2) is 9.89. The molecule has 1 aromatic carbocycles. The highest BCUT2D eigenvalue weighted by Crippen LogP contribution is 2.45. The smallest absolute Gasteiger partial charge is 0.435 e. The van der Waals surface area contributed by atoms with Crippen LogP contribution in [-0.2, 0) is 22.0 Å². The SMILES string of the molecule is COc1ncnc(C2CC2)c1-c1ncc(CS(=O)(=O)O)c(Nc2ccc(-n3nc(C(F)(F)F)cc3C)cc2)n1. The predicted octanol–water partition coefficient (Wildman–Crippen LogP) is 4.46. The minimum Gasteiger partial charge on any atom is -0.480 e. The number of halogens is 3. The third-order valence-corrected chi connectivity index (χ3v) is 6.65. The van der Waals surface area contributed by atoms with Crippen LogP contribution in [0.5, 0.6) is 5.88 Å². The molecule has 0 amide bonds. The van der Waals surface area contributed by atoms with Crippen molar-refractivity contribution in [3.63, 3.8) is 0 Å². The summed E-state index contributed by atoms with van der Waals surface area (Å²) in [5.41, 5.74) is 1.41. The average Bonchev–Trinajstić information content (AvgIpc) is 3.64. The zero-order valence-electron chi connectivity index (χ0n) is 20.6. The maximum Gasteiger partial charge on any atom is 0.435 e. The normalized spacial score (nSPS) is 13.9. The number of ether oxygens (including phenoxy) is 1. The summed E-state index contributed by atoms with van der Waals surface area (Å²) >= 11 is 0. The van der Waals surface area contributed by atoms with E-state index < -0.39 is 27.7 Å². The lowest BCUT2D eigenvalue weighted by Gasteiger charge is -2.15. The fourth-order valence-corrected chi connectivity index (χ4v) is 4.65. The van der Waals surface area contributed by atoms with Gasteiger partial charge in [0.05, 0.1) is 18.5 Å². The molecular weight excluding hydrogens is 539 g/mol. The van der Waals surface area contributed by atoms with Gasteiger partial charge in [-0.15, -0.1) is 0 Å². The fraction of sp³-hybridized carbons (Fsp3) is 0.292. The summed E-state index contributed by atoms with van der Waals surface area (Å²) < 4.78 is 78.5. The van der Waals surface area contributed by atoms with E-state index in [9.17, 15) is 26.1 Å². The van der Waals surface area contributed by atoms with Crippen molar-refractivity contribution in [3.05, 3.63) is 65.5 Å². The van der Waals surface area contributed by atoms with E-state index in [1.54, 1.807) is 24.3 Å². The maximum absolute atomic E-state index is 13.1. The van der Waals surface area contributed by atoms with Gasteiger partial charge in [0.2, 0.25) is 5.88 Å². The number of aryl methyl sites for hydroxylation is 1. The number of methoxy groups -OCH3 is 1. The number of hydrogen-bond acceptors (Lipinski definition) is 9. The van der Waals surface area contributed by atoms with E-state index in [0.717, 1.165) is 18.9 Å². The lowest BCUT2D eigenvalue weighted by molar-refractivity contribution is -0.141. The van der Waals surface area contributed by atoms with Crippen LogP contribution in [0.2, 0.25) is 0 Å². The number of anilines is 2. The number of hydrogen-bond donors (Lipinski definition) is 2. The highest BCUT2D eigenvalue weighted by atomic mass is 32.2. The summed E-state index contributed by atoms with van der Waals surface area (Å²) in [7, 11) is -2.97. The molecule has 0 aliphatic heterocycles. The van der Waals surface area contributed by atoms with E-state index in [4.69, 9.17) is 4.74 Å². The van der Waals surface area contributed by atoms with E-state index >= 15 is 0 Å². The average molecular weight is 562 g/mol. The molecule has 15 heteroatoms. The van der Waals surface area contributed by atoms with Gasteiger partial charge < -0.3 is 10.1 Å². The van der Waals surface area contributed by atoms with Crippen LogP contribution in [0.15, 0.2) is 42.9 Å². The van der Waals surface area contributed by atoms with Gasteiger partial charge in [0, 0.05) is 29.1 Å². The quantitative estimate of drug-likeness (QED) is 0.296. The molecule has 0 spiro atoms. The Morgan fingerprint density at radius 1 is 1.15 bits per heavy atom. The maximum atomic E-state index is 13.1. The number of aromatic nitrogens is 6. The van der Waals surface area contributed by atoms with Crippen molar-refractivity contribution < 1.29 is 30.9 Å². The van der Waals surface area contributed by atoms with E-state index in [2.05, 4.69) is 30.4 Å². The Kier molecular flexibility index (Phi) is 6.72. The second-order valence-electron chi connectivity index (χ2n) is 8.96. The van der Waals surface area contributed by atoms with Crippen LogP contribution in [0.3, 0.4) is 0 Å². The van der Waals surface area contributed by atoms with E-state index in [0.29, 0.717) is 28.3 Å². The number of nitrogens with zero attached hydrogens (tertiary/aromatic N) is 6. The molecule has 3 heterocycles. The Balaban J connectivity index is 1.51. The van der Waals surface area contributed by atoms with Gasteiger partial charge in [0.1, 0.15) is 23.5 Å². The molecule has 0 bridgehead atoms. The van der Waals surface area contributed by atoms with E-state index in [1.165, 1.54) is 31.2 Å². The van der Waals surface area contributed by atoms with Gasteiger partial charge in [-0.1, -0.05) is 0 Å². The van der Waals surface area contributed by atoms with E-state index in [1.807, 2.05) is 0 Å². The summed E-state index contributed by atoms with van der Waals surface area (Å²) in [4.78, 5) is 17.4. The van der Waals surface area contributed by atoms with Crippen LogP contribution < -0.4 is 10.1 Å². The van der Waals surface area contributed by atoms with Gasteiger partial charge in [0.25, 0.3) is 10.1 Å². The second-order valence-corrected chi connectivity index (χ2v) is 10.4. The Morgan fingerprint density at radius 2 is 1.87 bits per heavy atom. The number of benzene rings is 1. The summed E-state index contributed by atoms with van der Waals surface area (Å²) in [5, 5.41) is 6.65. The zero-order valence-corrected chi connectivity index (χ0v) is 21.5. The van der Waals surface area contributed by atoms with Crippen LogP contribution in [0.25, 0.3) is 17.1 Å². The summed E-state index contributed by atoms with van der Waals surface area (Å²) in [5.74, 6) is -0.00615. The third kappa shape index (κ3) is 5.83. The van der Waals surface area contributed by atoms with Gasteiger partial charge in [-0.2, -0.15) is 26.7 Å². The van der Waals surface area contributed by atoms with Crippen molar-refractivity contribution in [3.8, 4) is 23.0 Å². The molecule has 1 aliphatic carbocycles. The van der Waals surface area contributed by atoms with Crippen molar-refractivity contribution in [1.29, 1.82) is 0 Å². The molecule has 1 saturated carbocycles. The Labute approximate surface area is 220 Å². The third-order valence-electron chi connectivity index (χ3n) is 5.98. The van der Waals surface area contributed by atoms with Crippen molar-refractivity contribution in [1.82, 2.24) is 29.7 Å². The van der Waals surface area contributed by atoms with Gasteiger partial charge in [-0.05, 0) is 50.1 Å². The Morgan fingerprint density at radius 3 is 2.46 bits per heavy atom. The monoisotopic (exact) mass is 561 g/mol. The first-order valence-corrected chi connectivity index (χ1v) is 13.3. The van der Waals surface area contributed by atoms with Crippen LogP contribution in [-0.4, -0.2) is 49.8 Å². The number of nitrogens with one attached hydrogen (secondary N) is 1. The molecule has 3 aromatic heterocycles. The molecule has 5 rings (SSSR count). The summed E-state index contributed by atoms with van der Waals surface area (Å²) in [6, 6.07) is 7.20. The molecule has 1 fully saturated rings. The Hall–Kier alpha value is -4.11. The van der Waals surface area contributed by atoms with Crippen molar-refractivity contribution >= 4 is 21.6 Å². The van der Waals surface area contributed by atoms with Crippen molar-refractivity contribution in [2.45, 2.75) is 37.6 Å². The van der Waals surface area contributed by atoms with Crippen molar-refractivity contribution in [2.75, 3.05) is 12.4 Å². The first-order chi connectivity index (χ1) is 18.4. The fourth-order valence-electron chi connectivity index (χ4n) is 4.05. The van der Waals surface area contributed by atoms with Crippen LogP contribution in [0, 0.1) is 6.92 Å². The van der Waals surface area contributed by atoms with Gasteiger partial charge in [0.15, 0.2) is 11.5 Å². The van der Waals surface area contributed by atoms with Gasteiger partial charge in [-0.25, -0.2) is 24.6 Å². The zero-order chi connectivity index (χ0) is 27.9. The molecular formula is C24H22F3N7O4S. The molecule has 4 aromatic rings. The molecule has 1 aliphatic rings. The highest BCUT2D eigenvalue weighted by molar-refractivity contribution is 7.85. The first-order valence-electron chi connectivity index (χ1n) is 11.6. The minimum absolute atomic E-state index is 0.0897. The number of rotatable bonds is 8. The first kappa shape index (κ1) is 26.5. The lowest BCUT2D eigenvalue weighted by Crippen LogP contribution is -2.09. The predicted molar refractivity (Wildman–Crippen MR) is 133 cm³/mol. The summed E-state index contributed by atoms with van der Waals surface area (Å²) in [6.45, 7) is 1.51. The largest absolute Gasteiger partial charge is 0.480 e. The molecule has 204 valence electrons. The minimum atomic E-state index is -4.57. The highest BCUT2D eigenvalue weighted by Gasteiger charge is 2.35. The molecule has 0 radical (unpaired) electrons. The van der Waals surface area contributed by atoms with Crippen molar-refractivity contribution in [2.24, 2.45) is 0 Å². The molecule has 39 heavy (non-hydrogen) atoms. The summed E-state index contributed by atoms with van der Waals surface area (Å²) in [6.07, 6.45) is -0.0289. The molecule has 2 N–H and O–H groups in total. The van der Waals surface area contributed by atoms with Gasteiger partial charge in [-0.3, -0.25) is 4.55 Å². The molecule has 0 unspecified atom stereocenters. The molecule has 0 saturated heterocycles. The number of alkyl halides is 3.